The molecule has 3 nitrogen and oxygen atoms in total. The molecule has 1 rings (SSSR count). The van der Waals surface area contributed by atoms with Crippen molar-refractivity contribution >= 4 is 5.91 Å². The van der Waals surface area contributed by atoms with Gasteiger partial charge in [0.25, 0.3) is 5.91 Å². The van der Waals surface area contributed by atoms with Gasteiger partial charge in [-0.2, -0.15) is 0 Å². The van der Waals surface area contributed by atoms with E-state index in [1.165, 1.54) is 12.1 Å². The summed E-state index contributed by atoms with van der Waals surface area (Å²) < 4.78 is 13.2. The third-order valence-corrected chi connectivity index (χ3v) is 2.78. The number of hydrogen-bond acceptors (Lipinski definition) is 2. The van der Waals surface area contributed by atoms with Crippen LogP contribution < -0.4 is 5.32 Å². The van der Waals surface area contributed by atoms with Crippen LogP contribution in [-0.2, 0) is 0 Å². The Labute approximate surface area is 101 Å². The Balaban J connectivity index is 2.91. The number of hydrogen-bond donors (Lipinski definition) is 2. The highest BCUT2D eigenvalue weighted by Gasteiger charge is 2.26. The minimum Gasteiger partial charge on any atom is -0.391 e. The fraction of sp³-hybridized carbons (Fsp3) is 0.462. The molecule has 17 heavy (non-hydrogen) atoms. The molecular weight excluding hydrogens is 221 g/mol. The van der Waals surface area contributed by atoms with E-state index in [1.807, 2.05) is 0 Å². The van der Waals surface area contributed by atoms with Crippen LogP contribution in [-0.4, -0.2) is 22.7 Å². The molecule has 1 aromatic rings. The van der Waals surface area contributed by atoms with Gasteiger partial charge in [0.1, 0.15) is 5.82 Å². The molecule has 0 heterocycles. The van der Waals surface area contributed by atoms with Gasteiger partial charge in [0, 0.05) is 5.56 Å². The number of amides is 1. The Morgan fingerprint density at radius 3 is 2.47 bits per heavy atom. The predicted octanol–water partition coefficient (Wildman–Crippen LogP) is 2.02. The second-order valence-electron chi connectivity index (χ2n) is 4.87. The molecule has 2 N–H and O–H groups in total. The maximum atomic E-state index is 13.2. The minimum atomic E-state index is -0.753. The van der Waals surface area contributed by atoms with Crippen LogP contribution in [0.5, 0.6) is 0 Å². The molecule has 0 radical (unpaired) electrons. The largest absolute Gasteiger partial charge is 0.391 e. The van der Waals surface area contributed by atoms with Crippen molar-refractivity contribution in [3.05, 3.63) is 35.1 Å². The number of aliphatic hydroxyl groups excluding tert-OH is 1. The number of nitrogens with one attached hydrogen (secondary N) is 1. The van der Waals surface area contributed by atoms with Gasteiger partial charge in [0.15, 0.2) is 0 Å². The van der Waals surface area contributed by atoms with Crippen LogP contribution in [0, 0.1) is 12.7 Å². The van der Waals surface area contributed by atoms with E-state index in [0.29, 0.717) is 5.56 Å². The van der Waals surface area contributed by atoms with Crippen LogP contribution in [0.2, 0.25) is 0 Å². The summed E-state index contributed by atoms with van der Waals surface area (Å²) in [7, 11) is 0. The zero-order chi connectivity index (χ0) is 13.2. The topological polar surface area (TPSA) is 49.3 Å². The summed E-state index contributed by atoms with van der Waals surface area (Å²) in [5.41, 5.74) is 0.193. The first-order valence-corrected chi connectivity index (χ1v) is 5.50. The average Bonchev–Trinajstić information content (AvgIpc) is 2.15. The van der Waals surface area contributed by atoms with E-state index in [0.717, 1.165) is 0 Å². The SMILES string of the molecule is Cc1cc(F)cc(C(=O)NC(C)(C)C(C)O)c1. The van der Waals surface area contributed by atoms with E-state index in [1.54, 1.807) is 33.8 Å². The first kappa shape index (κ1) is 13.6. The smallest absolute Gasteiger partial charge is 0.251 e. The molecule has 0 aliphatic rings. The maximum absolute atomic E-state index is 13.2. The number of rotatable bonds is 3. The summed E-state index contributed by atoms with van der Waals surface area (Å²) in [5.74, 6) is -0.830. The maximum Gasteiger partial charge on any atom is 0.251 e. The quantitative estimate of drug-likeness (QED) is 0.847. The number of halogens is 1. The standard InChI is InChI=1S/C13H18FNO2/c1-8-5-10(7-11(14)6-8)12(17)15-13(3,4)9(2)16/h5-7,9,16H,1-4H3,(H,15,17). The Kier molecular flexibility index (Phi) is 3.88. The second-order valence-corrected chi connectivity index (χ2v) is 4.87. The van der Waals surface area contributed by atoms with Crippen molar-refractivity contribution < 1.29 is 14.3 Å². The lowest BCUT2D eigenvalue weighted by molar-refractivity contribution is 0.0709. The average molecular weight is 239 g/mol. The van der Waals surface area contributed by atoms with Crippen LogP contribution in [0.3, 0.4) is 0 Å². The highest BCUT2D eigenvalue weighted by atomic mass is 19.1. The molecule has 1 aromatic carbocycles. The third kappa shape index (κ3) is 3.53. The summed E-state index contributed by atoms with van der Waals surface area (Å²) in [6.45, 7) is 6.74. The molecular formula is C13H18FNO2. The first-order valence-electron chi connectivity index (χ1n) is 5.50. The van der Waals surface area contributed by atoms with Gasteiger partial charge < -0.3 is 10.4 Å². The number of carbonyl (C=O) groups excluding carboxylic acids is 1. The third-order valence-electron chi connectivity index (χ3n) is 2.78. The number of benzene rings is 1. The molecule has 94 valence electrons. The Morgan fingerprint density at radius 2 is 2.00 bits per heavy atom. The van der Waals surface area contributed by atoms with E-state index < -0.39 is 23.4 Å². The van der Waals surface area contributed by atoms with Crippen molar-refractivity contribution in [2.24, 2.45) is 0 Å². The zero-order valence-corrected chi connectivity index (χ0v) is 10.5. The van der Waals surface area contributed by atoms with E-state index in [4.69, 9.17) is 0 Å². The molecule has 0 aromatic heterocycles. The lowest BCUT2D eigenvalue weighted by Gasteiger charge is -2.29. The Hall–Kier alpha value is -1.42. The van der Waals surface area contributed by atoms with Crippen LogP contribution >= 0.6 is 0 Å². The summed E-state index contributed by atoms with van der Waals surface area (Å²) in [5, 5.41) is 12.2. The number of carbonyl (C=O) groups is 1. The lowest BCUT2D eigenvalue weighted by Crippen LogP contribution is -2.51. The van der Waals surface area contributed by atoms with Crippen molar-refractivity contribution in [3.63, 3.8) is 0 Å². The van der Waals surface area contributed by atoms with Crippen molar-refractivity contribution in [1.82, 2.24) is 5.32 Å². The molecule has 0 bridgehead atoms. The molecule has 1 atom stereocenters. The number of aryl methyl sites for hydroxylation is 1. The molecule has 4 heteroatoms. The van der Waals surface area contributed by atoms with Crippen LogP contribution in [0.4, 0.5) is 4.39 Å². The minimum absolute atomic E-state index is 0.260. The molecule has 0 saturated carbocycles. The van der Waals surface area contributed by atoms with E-state index in [2.05, 4.69) is 5.32 Å². The molecule has 0 spiro atoms. The van der Waals surface area contributed by atoms with Crippen molar-refractivity contribution in [2.75, 3.05) is 0 Å². The second kappa shape index (κ2) is 4.84. The highest BCUT2D eigenvalue weighted by molar-refractivity contribution is 5.94. The van der Waals surface area contributed by atoms with E-state index in [-0.39, 0.29) is 5.56 Å². The van der Waals surface area contributed by atoms with E-state index >= 15 is 0 Å². The van der Waals surface area contributed by atoms with Gasteiger partial charge in [-0.3, -0.25) is 4.79 Å². The molecule has 1 unspecified atom stereocenters. The monoisotopic (exact) mass is 239 g/mol. The van der Waals surface area contributed by atoms with E-state index in [9.17, 15) is 14.3 Å². The van der Waals surface area contributed by atoms with Gasteiger partial charge in [-0.15, -0.1) is 0 Å². The highest BCUT2D eigenvalue weighted by Crippen LogP contribution is 2.12. The molecule has 0 aliphatic heterocycles. The predicted molar refractivity (Wildman–Crippen MR) is 64.4 cm³/mol. The Morgan fingerprint density at radius 1 is 1.41 bits per heavy atom. The normalized spacial score (nSPS) is 13.3. The van der Waals surface area contributed by atoms with Crippen molar-refractivity contribution in [1.29, 1.82) is 0 Å². The molecule has 0 fully saturated rings. The lowest BCUT2D eigenvalue weighted by atomic mass is 9.98. The summed E-state index contributed by atoms with van der Waals surface area (Å²) in [4.78, 5) is 11.9. The fourth-order valence-corrected chi connectivity index (χ4v) is 1.34. The summed E-state index contributed by atoms with van der Waals surface area (Å²) in [6, 6.07) is 4.15. The summed E-state index contributed by atoms with van der Waals surface area (Å²) >= 11 is 0. The van der Waals surface area contributed by atoms with Crippen molar-refractivity contribution in [2.45, 2.75) is 39.3 Å². The van der Waals surface area contributed by atoms with Gasteiger partial charge >= 0.3 is 0 Å². The molecule has 1 amide bonds. The van der Waals surface area contributed by atoms with Gasteiger partial charge in [-0.1, -0.05) is 0 Å². The first-order chi connectivity index (χ1) is 7.72. The van der Waals surface area contributed by atoms with Gasteiger partial charge in [0.05, 0.1) is 11.6 Å². The van der Waals surface area contributed by atoms with Crippen LogP contribution in [0.15, 0.2) is 18.2 Å². The van der Waals surface area contributed by atoms with Crippen LogP contribution in [0.25, 0.3) is 0 Å². The van der Waals surface area contributed by atoms with Crippen LogP contribution in [0.1, 0.15) is 36.7 Å². The van der Waals surface area contributed by atoms with Crippen molar-refractivity contribution in [3.8, 4) is 0 Å². The molecule has 0 aliphatic carbocycles. The van der Waals surface area contributed by atoms with Gasteiger partial charge in [0.2, 0.25) is 0 Å². The summed E-state index contributed by atoms with van der Waals surface area (Å²) in [6.07, 6.45) is -0.693. The fourth-order valence-electron chi connectivity index (χ4n) is 1.34. The zero-order valence-electron chi connectivity index (χ0n) is 10.5. The van der Waals surface area contributed by atoms with Gasteiger partial charge in [-0.05, 0) is 51.5 Å². The Bertz CT molecular complexity index is 407. The number of aliphatic hydroxyl groups is 1. The molecule has 0 saturated heterocycles. The van der Waals surface area contributed by atoms with Gasteiger partial charge in [-0.25, -0.2) is 4.39 Å².